The number of hydrogen-bond acceptors (Lipinski definition) is 5. The van der Waals surface area contributed by atoms with E-state index in [9.17, 15) is 4.79 Å². The van der Waals surface area contributed by atoms with E-state index in [0.717, 1.165) is 24.6 Å². The molecule has 1 amide bonds. The standard InChI is InChI=1S/C18H17N5O/c19-16(24)18-22-15-10-20-8-7-14(15)17(23-18)21-13-6-5-11-3-1-2-4-12(11)9-13/h1-4,7-8,10,13H,5-6,9H2,(H2,19,24)(H,21,22,23). The van der Waals surface area contributed by atoms with Gasteiger partial charge in [-0.05, 0) is 36.5 Å². The number of carbonyl (C=O) groups excluding carboxylic acids is 1. The SMILES string of the molecule is NC(=O)c1nc(NC2CCc3ccccc3C2)c2ccncc2n1. The van der Waals surface area contributed by atoms with Crippen LogP contribution >= 0.6 is 0 Å². The number of nitrogens with two attached hydrogens (primary N) is 1. The first-order valence-electron chi connectivity index (χ1n) is 7.95. The van der Waals surface area contributed by atoms with Gasteiger partial charge in [0.2, 0.25) is 5.82 Å². The number of aromatic nitrogens is 3. The lowest BCUT2D eigenvalue weighted by molar-refractivity contribution is 0.0991. The van der Waals surface area contributed by atoms with E-state index in [2.05, 4.69) is 44.5 Å². The average Bonchev–Trinajstić information content (AvgIpc) is 2.61. The Balaban J connectivity index is 1.68. The highest BCUT2D eigenvalue weighted by Gasteiger charge is 2.20. The molecule has 1 aliphatic rings. The third-order valence-corrected chi connectivity index (χ3v) is 4.41. The molecule has 3 aromatic rings. The Bertz CT molecular complexity index is 924. The number of aryl methyl sites for hydroxylation is 1. The number of amides is 1. The van der Waals surface area contributed by atoms with Crippen LogP contribution in [0.4, 0.5) is 5.82 Å². The highest BCUT2D eigenvalue weighted by atomic mass is 16.1. The Morgan fingerprint density at radius 1 is 1.17 bits per heavy atom. The number of benzene rings is 1. The highest BCUT2D eigenvalue weighted by Crippen LogP contribution is 2.26. The minimum absolute atomic E-state index is 0.00853. The summed E-state index contributed by atoms with van der Waals surface area (Å²) < 4.78 is 0. The van der Waals surface area contributed by atoms with Gasteiger partial charge >= 0.3 is 0 Å². The summed E-state index contributed by atoms with van der Waals surface area (Å²) in [7, 11) is 0. The minimum atomic E-state index is -0.641. The van der Waals surface area contributed by atoms with Crippen LogP contribution in [0, 0.1) is 0 Å². The van der Waals surface area contributed by atoms with Crippen LogP contribution in [0.2, 0.25) is 0 Å². The second-order valence-electron chi connectivity index (χ2n) is 6.01. The molecule has 120 valence electrons. The third-order valence-electron chi connectivity index (χ3n) is 4.41. The van der Waals surface area contributed by atoms with Crippen LogP contribution in [0.1, 0.15) is 28.2 Å². The van der Waals surface area contributed by atoms with Crippen molar-refractivity contribution >= 4 is 22.6 Å². The molecule has 0 fully saturated rings. The topological polar surface area (TPSA) is 93.8 Å². The number of nitrogens with one attached hydrogen (secondary N) is 1. The number of pyridine rings is 1. The predicted octanol–water partition coefficient (Wildman–Crippen LogP) is 2.09. The molecular weight excluding hydrogens is 302 g/mol. The van der Waals surface area contributed by atoms with E-state index in [1.165, 1.54) is 11.1 Å². The zero-order valence-corrected chi connectivity index (χ0v) is 13.1. The van der Waals surface area contributed by atoms with E-state index in [-0.39, 0.29) is 11.9 Å². The minimum Gasteiger partial charge on any atom is -0.366 e. The maximum atomic E-state index is 11.5. The molecular formula is C18H17N5O. The van der Waals surface area contributed by atoms with E-state index in [1.807, 2.05) is 6.07 Å². The Morgan fingerprint density at radius 3 is 2.83 bits per heavy atom. The molecule has 0 bridgehead atoms. The molecule has 1 atom stereocenters. The molecule has 2 heterocycles. The summed E-state index contributed by atoms with van der Waals surface area (Å²) in [6, 6.07) is 10.6. The van der Waals surface area contributed by atoms with E-state index in [1.54, 1.807) is 12.4 Å². The van der Waals surface area contributed by atoms with Gasteiger partial charge in [-0.15, -0.1) is 0 Å². The monoisotopic (exact) mass is 319 g/mol. The maximum Gasteiger partial charge on any atom is 0.286 e. The summed E-state index contributed by atoms with van der Waals surface area (Å²) in [5.41, 5.74) is 8.73. The molecule has 0 saturated heterocycles. The van der Waals surface area contributed by atoms with E-state index >= 15 is 0 Å². The first-order valence-corrected chi connectivity index (χ1v) is 7.95. The Hall–Kier alpha value is -3.02. The molecule has 1 aromatic carbocycles. The van der Waals surface area contributed by atoms with Crippen LogP contribution < -0.4 is 11.1 Å². The van der Waals surface area contributed by atoms with Crippen LogP contribution in [0.15, 0.2) is 42.7 Å². The van der Waals surface area contributed by atoms with Gasteiger partial charge in [0, 0.05) is 17.6 Å². The normalized spacial score (nSPS) is 16.6. The largest absolute Gasteiger partial charge is 0.366 e. The van der Waals surface area contributed by atoms with Gasteiger partial charge in [-0.2, -0.15) is 0 Å². The van der Waals surface area contributed by atoms with Crippen LogP contribution in [0.5, 0.6) is 0 Å². The molecule has 0 spiro atoms. The molecule has 4 rings (SSSR count). The number of nitrogens with zero attached hydrogens (tertiary/aromatic N) is 3. The number of fused-ring (bicyclic) bond motifs is 2. The van der Waals surface area contributed by atoms with Crippen LogP contribution in [-0.4, -0.2) is 26.9 Å². The first kappa shape index (κ1) is 14.6. The summed E-state index contributed by atoms with van der Waals surface area (Å²) in [4.78, 5) is 24.1. The number of rotatable bonds is 3. The van der Waals surface area contributed by atoms with Crippen molar-refractivity contribution in [2.75, 3.05) is 5.32 Å². The van der Waals surface area contributed by atoms with E-state index < -0.39 is 5.91 Å². The summed E-state index contributed by atoms with van der Waals surface area (Å²) in [6.45, 7) is 0. The summed E-state index contributed by atoms with van der Waals surface area (Å²) in [5.74, 6) is 0.00702. The predicted molar refractivity (Wildman–Crippen MR) is 91.7 cm³/mol. The van der Waals surface area contributed by atoms with Gasteiger partial charge in [0.25, 0.3) is 5.91 Å². The van der Waals surface area contributed by atoms with Crippen molar-refractivity contribution in [2.45, 2.75) is 25.3 Å². The van der Waals surface area contributed by atoms with Crippen LogP contribution in [0.3, 0.4) is 0 Å². The Labute approximate surface area is 139 Å². The summed E-state index contributed by atoms with van der Waals surface area (Å²) in [5, 5.41) is 4.31. The molecule has 1 aliphatic carbocycles. The van der Waals surface area contributed by atoms with Gasteiger partial charge in [0.05, 0.1) is 11.7 Å². The second-order valence-corrected chi connectivity index (χ2v) is 6.01. The Kier molecular flexibility index (Phi) is 3.57. The lowest BCUT2D eigenvalue weighted by Gasteiger charge is -2.26. The number of carbonyl (C=O) groups is 1. The molecule has 0 radical (unpaired) electrons. The fourth-order valence-corrected chi connectivity index (χ4v) is 3.22. The summed E-state index contributed by atoms with van der Waals surface area (Å²) in [6.07, 6.45) is 6.28. The highest BCUT2D eigenvalue weighted by molar-refractivity contribution is 5.95. The quantitative estimate of drug-likeness (QED) is 0.771. The average molecular weight is 319 g/mol. The lowest BCUT2D eigenvalue weighted by atomic mass is 9.88. The molecule has 6 nitrogen and oxygen atoms in total. The van der Waals surface area contributed by atoms with E-state index in [4.69, 9.17) is 5.73 Å². The first-order chi connectivity index (χ1) is 11.7. The van der Waals surface area contributed by atoms with Crippen molar-refractivity contribution in [1.29, 1.82) is 0 Å². The Morgan fingerprint density at radius 2 is 2.00 bits per heavy atom. The van der Waals surface area contributed by atoms with Gasteiger partial charge in [0.15, 0.2) is 0 Å². The van der Waals surface area contributed by atoms with Crippen molar-refractivity contribution in [3.8, 4) is 0 Å². The van der Waals surface area contributed by atoms with Crippen molar-refractivity contribution in [2.24, 2.45) is 5.73 Å². The number of primary amides is 1. The fraction of sp³-hybridized carbons (Fsp3) is 0.222. The van der Waals surface area contributed by atoms with Gasteiger partial charge in [-0.3, -0.25) is 9.78 Å². The molecule has 0 saturated carbocycles. The fourth-order valence-electron chi connectivity index (χ4n) is 3.22. The lowest BCUT2D eigenvalue weighted by Crippen LogP contribution is -2.28. The second kappa shape index (κ2) is 5.88. The zero-order valence-electron chi connectivity index (χ0n) is 13.1. The number of hydrogen-bond donors (Lipinski definition) is 2. The van der Waals surface area contributed by atoms with Crippen LogP contribution in [0.25, 0.3) is 10.9 Å². The summed E-state index contributed by atoms with van der Waals surface area (Å²) >= 11 is 0. The zero-order chi connectivity index (χ0) is 16.5. The number of anilines is 1. The molecule has 24 heavy (non-hydrogen) atoms. The van der Waals surface area contributed by atoms with Crippen molar-refractivity contribution < 1.29 is 4.79 Å². The molecule has 0 aliphatic heterocycles. The molecule has 2 aromatic heterocycles. The maximum absolute atomic E-state index is 11.5. The molecule has 1 unspecified atom stereocenters. The van der Waals surface area contributed by atoms with Crippen LogP contribution in [-0.2, 0) is 12.8 Å². The van der Waals surface area contributed by atoms with E-state index in [0.29, 0.717) is 11.3 Å². The van der Waals surface area contributed by atoms with Gasteiger partial charge in [-0.1, -0.05) is 24.3 Å². The van der Waals surface area contributed by atoms with Crippen molar-refractivity contribution in [1.82, 2.24) is 15.0 Å². The molecule has 3 N–H and O–H groups in total. The van der Waals surface area contributed by atoms with Gasteiger partial charge in [0.1, 0.15) is 5.82 Å². The van der Waals surface area contributed by atoms with Gasteiger partial charge < -0.3 is 11.1 Å². The molecule has 6 heteroatoms. The van der Waals surface area contributed by atoms with Gasteiger partial charge in [-0.25, -0.2) is 9.97 Å². The third kappa shape index (κ3) is 2.67. The van der Waals surface area contributed by atoms with Crippen molar-refractivity contribution in [3.05, 3.63) is 59.7 Å². The smallest absolute Gasteiger partial charge is 0.286 e. The van der Waals surface area contributed by atoms with Crippen molar-refractivity contribution in [3.63, 3.8) is 0 Å².